The van der Waals surface area contributed by atoms with E-state index in [0.717, 1.165) is 38.9 Å². The molecule has 0 radical (unpaired) electrons. The van der Waals surface area contributed by atoms with Crippen molar-refractivity contribution in [3.05, 3.63) is 10.4 Å². The fourth-order valence-corrected chi connectivity index (χ4v) is 9.94. The molecule has 0 aromatic carbocycles. The lowest BCUT2D eigenvalue weighted by Gasteiger charge is -2.13. The van der Waals surface area contributed by atoms with Crippen molar-refractivity contribution in [2.75, 3.05) is 35.6 Å². The van der Waals surface area contributed by atoms with Crippen molar-refractivity contribution in [1.29, 1.82) is 0 Å². The van der Waals surface area contributed by atoms with Gasteiger partial charge in [0.15, 0.2) is 11.3 Å². The van der Waals surface area contributed by atoms with Gasteiger partial charge >= 0.3 is 0 Å². The minimum Gasteiger partial charge on any atom is -0.368 e. The fourth-order valence-electron chi connectivity index (χ4n) is 9.94. The summed E-state index contributed by atoms with van der Waals surface area (Å²) in [7, 11) is 0. The lowest BCUT2D eigenvalue weighted by molar-refractivity contribution is 0.530. The Hall–Kier alpha value is -2.38. The molecule has 0 atom stereocenters. The first-order valence-corrected chi connectivity index (χ1v) is 30.7. The van der Waals surface area contributed by atoms with Crippen molar-refractivity contribution in [3.63, 3.8) is 0 Å². The molecule has 0 bridgehead atoms. The van der Waals surface area contributed by atoms with Gasteiger partial charge in [0.2, 0.25) is 11.9 Å². The number of nitrogens with one attached hydrogen (secondary N) is 4. The number of anilines is 3. The van der Waals surface area contributed by atoms with Gasteiger partial charge in [0.25, 0.3) is 5.56 Å². The van der Waals surface area contributed by atoms with E-state index in [4.69, 9.17) is 15.0 Å². The van der Waals surface area contributed by atoms with Crippen LogP contribution < -0.4 is 21.5 Å². The third-order valence-electron chi connectivity index (χ3n) is 14.5. The van der Waals surface area contributed by atoms with Crippen molar-refractivity contribution in [1.82, 2.24) is 19.9 Å². The zero-order valence-corrected chi connectivity index (χ0v) is 45.8. The largest absolute Gasteiger partial charge is 0.368 e. The van der Waals surface area contributed by atoms with Gasteiger partial charge in [0, 0.05) is 19.6 Å². The van der Waals surface area contributed by atoms with Gasteiger partial charge in [0.1, 0.15) is 5.52 Å². The number of rotatable bonds is 54. The van der Waals surface area contributed by atoms with Crippen LogP contribution >= 0.6 is 0 Å². The van der Waals surface area contributed by atoms with Crippen LogP contribution in [0.4, 0.5) is 17.7 Å². The van der Waals surface area contributed by atoms with Crippen LogP contribution in [0, 0.1) is 0 Å². The van der Waals surface area contributed by atoms with E-state index in [1.807, 2.05) is 0 Å². The van der Waals surface area contributed by atoms with Crippen LogP contribution in [-0.2, 0) is 0 Å². The van der Waals surface area contributed by atoms with Gasteiger partial charge in [-0.15, -0.1) is 0 Å². The summed E-state index contributed by atoms with van der Waals surface area (Å²) in [5.74, 6) is 1.71. The first kappa shape index (κ1) is 61.7. The van der Waals surface area contributed by atoms with Crippen molar-refractivity contribution in [3.8, 4) is 0 Å². The Kier molecular flexibility index (Phi) is 43.8. The quantitative estimate of drug-likeness (QED) is 0.0489. The Morgan fingerprint density at radius 3 is 0.868 bits per heavy atom. The van der Waals surface area contributed by atoms with E-state index in [0.29, 0.717) is 28.7 Å². The average Bonchev–Trinajstić information content (AvgIpc) is 3.34. The number of aromatic amines is 1. The molecule has 396 valence electrons. The molecular weight excluding hydrogens is 835 g/mol. The number of fused-ring (bicyclic) bond motifs is 1. The van der Waals surface area contributed by atoms with Crippen molar-refractivity contribution >= 4 is 28.7 Å². The van der Waals surface area contributed by atoms with Crippen molar-refractivity contribution in [2.45, 2.75) is 329 Å². The minimum atomic E-state index is -0.206. The minimum absolute atomic E-state index is 0.206. The van der Waals surface area contributed by atoms with Crippen molar-refractivity contribution < 1.29 is 0 Å². The van der Waals surface area contributed by atoms with E-state index in [1.54, 1.807) is 0 Å². The van der Waals surface area contributed by atoms with E-state index in [9.17, 15) is 4.79 Å². The van der Waals surface area contributed by atoms with Crippen molar-refractivity contribution in [2.24, 2.45) is 0 Å². The third-order valence-corrected chi connectivity index (χ3v) is 14.5. The molecule has 0 saturated carbocycles. The monoisotopic (exact) mass is 950 g/mol. The molecule has 68 heavy (non-hydrogen) atoms. The zero-order valence-electron chi connectivity index (χ0n) is 45.8. The lowest BCUT2D eigenvalue weighted by atomic mass is 10.0. The van der Waals surface area contributed by atoms with Gasteiger partial charge in [-0.05, 0) is 19.3 Å². The highest BCUT2D eigenvalue weighted by Gasteiger charge is 2.14. The van der Waals surface area contributed by atoms with Crippen LogP contribution in [0.2, 0.25) is 0 Å². The molecule has 0 saturated heterocycles. The molecule has 8 heteroatoms. The molecule has 2 rings (SSSR count). The molecule has 0 aliphatic heterocycles. The summed E-state index contributed by atoms with van der Waals surface area (Å²) in [6, 6.07) is 0. The second-order valence-corrected chi connectivity index (χ2v) is 21.2. The van der Waals surface area contributed by atoms with Crippen LogP contribution in [0.1, 0.15) is 329 Å². The Labute approximate surface area is 422 Å². The first-order chi connectivity index (χ1) is 33.7. The number of aromatic nitrogens is 4. The molecule has 2 aromatic rings. The molecule has 0 fully saturated rings. The topological polar surface area (TPSA) is 108 Å². The smallest absolute Gasteiger partial charge is 0.279 e. The highest BCUT2D eigenvalue weighted by molar-refractivity contribution is 5.86. The van der Waals surface area contributed by atoms with Gasteiger partial charge in [-0.1, -0.05) is 310 Å². The number of hydrogen-bond acceptors (Lipinski definition) is 7. The molecule has 8 nitrogen and oxygen atoms in total. The SMILES string of the molecule is CCCCCCCCCCCCCCCCCCNc1nc(NCCCCCCCCCCCCCCCCCC)c2nc(NCCCCCCCCCCCCCCCCCC)[nH]c(=O)c2n1. The zero-order chi connectivity index (χ0) is 48.5. The van der Waals surface area contributed by atoms with Gasteiger partial charge in [-0.2, -0.15) is 4.98 Å². The maximum atomic E-state index is 13.5. The first-order valence-electron chi connectivity index (χ1n) is 30.7. The van der Waals surface area contributed by atoms with Crippen LogP contribution in [0.25, 0.3) is 11.0 Å². The summed E-state index contributed by atoms with van der Waals surface area (Å²) in [5.41, 5.74) is 0.715. The molecule has 2 heterocycles. The second kappa shape index (κ2) is 48.3. The van der Waals surface area contributed by atoms with Gasteiger partial charge in [-0.25, -0.2) is 9.97 Å². The molecule has 0 amide bonds. The fraction of sp³-hybridized carbons (Fsp3) is 0.900. The summed E-state index contributed by atoms with van der Waals surface area (Å²) < 4.78 is 0. The molecule has 0 aliphatic rings. The normalized spacial score (nSPS) is 11.6. The number of unbranched alkanes of at least 4 members (excludes halogenated alkanes) is 45. The molecule has 2 aromatic heterocycles. The predicted molar refractivity (Wildman–Crippen MR) is 302 cm³/mol. The lowest BCUT2D eigenvalue weighted by Crippen LogP contribution is -2.18. The standard InChI is InChI=1S/C60H115N7O/c1-4-7-10-13-16-19-22-25-28-31-34-37-40-43-46-49-52-61-57-55-56(65-59(66-57)62-53-50-47-44-41-38-35-32-29-26-23-20-17-14-11-8-5-2)58(68)67-60(64-55)63-54-51-48-45-42-39-36-33-30-27-24-21-18-15-12-9-6-3/h4-54H2,1-3H3,(H2,61,62,65,66)(H2,63,64,67,68). The number of hydrogen-bond donors (Lipinski definition) is 4. The van der Waals surface area contributed by atoms with Crippen LogP contribution in [-0.4, -0.2) is 39.6 Å². The molecule has 4 N–H and O–H groups in total. The maximum Gasteiger partial charge on any atom is 0.279 e. The van der Waals surface area contributed by atoms with E-state index in [-0.39, 0.29) is 5.56 Å². The highest BCUT2D eigenvalue weighted by atomic mass is 16.1. The van der Waals surface area contributed by atoms with Crippen LogP contribution in [0.15, 0.2) is 4.79 Å². The summed E-state index contributed by atoms with van der Waals surface area (Å²) in [6.07, 6.45) is 65.3. The second-order valence-electron chi connectivity index (χ2n) is 21.2. The van der Waals surface area contributed by atoms with E-state index >= 15 is 0 Å². The van der Waals surface area contributed by atoms with Crippen LogP contribution in [0.5, 0.6) is 0 Å². The number of nitrogens with zero attached hydrogens (tertiary/aromatic N) is 3. The summed E-state index contributed by atoms with van der Waals surface area (Å²) in [6.45, 7) is 9.32. The summed E-state index contributed by atoms with van der Waals surface area (Å²) in [5, 5.41) is 10.5. The molecule has 0 aliphatic carbocycles. The van der Waals surface area contributed by atoms with Gasteiger partial charge in [-0.3, -0.25) is 9.78 Å². The third kappa shape index (κ3) is 36.5. The van der Waals surface area contributed by atoms with Gasteiger partial charge in [0.05, 0.1) is 0 Å². The summed E-state index contributed by atoms with van der Waals surface area (Å²) in [4.78, 5) is 31.0. The van der Waals surface area contributed by atoms with Crippen LogP contribution in [0.3, 0.4) is 0 Å². The Morgan fingerprint density at radius 1 is 0.294 bits per heavy atom. The Bertz CT molecular complexity index is 1410. The number of H-pyrrole nitrogens is 1. The average molecular weight is 951 g/mol. The van der Waals surface area contributed by atoms with E-state index < -0.39 is 0 Å². The summed E-state index contributed by atoms with van der Waals surface area (Å²) >= 11 is 0. The predicted octanol–water partition coefficient (Wildman–Crippen LogP) is 19.7. The molecule has 0 unspecified atom stereocenters. The molecular formula is C60H115N7O. The Balaban J connectivity index is 1.71. The molecule has 0 spiro atoms. The highest BCUT2D eigenvalue weighted by Crippen LogP contribution is 2.21. The van der Waals surface area contributed by atoms with E-state index in [1.165, 1.54) is 289 Å². The maximum absolute atomic E-state index is 13.5. The van der Waals surface area contributed by atoms with Gasteiger partial charge < -0.3 is 16.0 Å². The van der Waals surface area contributed by atoms with E-state index in [2.05, 4.69) is 41.7 Å². The Morgan fingerprint density at radius 2 is 0.559 bits per heavy atom.